The van der Waals surface area contributed by atoms with Crippen LogP contribution in [-0.4, -0.2) is 4.98 Å². The third-order valence-corrected chi connectivity index (χ3v) is 3.96. The number of nitrogens with zero attached hydrogens (tertiary/aromatic N) is 1. The summed E-state index contributed by atoms with van der Waals surface area (Å²) in [7, 11) is 0. The van der Waals surface area contributed by atoms with Crippen LogP contribution in [0.3, 0.4) is 0 Å². The Bertz CT molecular complexity index is 776. The van der Waals surface area contributed by atoms with Crippen molar-refractivity contribution < 1.29 is 13.2 Å². The van der Waals surface area contributed by atoms with Crippen LogP contribution in [0.2, 0.25) is 0 Å². The number of nitrogens with one attached hydrogen (secondary N) is 1. The molecule has 0 saturated carbocycles. The van der Waals surface area contributed by atoms with Gasteiger partial charge in [0.1, 0.15) is 0 Å². The highest BCUT2D eigenvalue weighted by atomic mass is 32.1. The van der Waals surface area contributed by atoms with Crippen LogP contribution in [-0.2, 0) is 6.18 Å². The fourth-order valence-electron chi connectivity index (χ4n) is 1.96. The van der Waals surface area contributed by atoms with E-state index in [9.17, 15) is 13.2 Å². The highest BCUT2D eigenvalue weighted by Gasteiger charge is 2.29. The molecule has 0 amide bonds. The summed E-state index contributed by atoms with van der Waals surface area (Å²) in [5, 5.41) is 3.69. The third kappa shape index (κ3) is 3.00. The van der Waals surface area contributed by atoms with E-state index in [1.54, 1.807) is 0 Å². The molecule has 3 rings (SSSR count). The molecule has 0 aliphatic rings. The Morgan fingerprint density at radius 3 is 2.43 bits per heavy atom. The fraction of sp³-hybridized carbons (Fsp3) is 0.133. The number of benzene rings is 2. The van der Waals surface area contributed by atoms with Crippen LogP contribution in [0.5, 0.6) is 0 Å². The SMILES string of the molecule is Cc1ccc2sc(Nc3ccc(C(F)(F)F)cc3)nc2c1. The zero-order chi connectivity index (χ0) is 15.0. The van der Waals surface area contributed by atoms with Crippen LogP contribution in [0.1, 0.15) is 11.1 Å². The highest BCUT2D eigenvalue weighted by molar-refractivity contribution is 7.22. The quantitative estimate of drug-likeness (QED) is 0.688. The summed E-state index contributed by atoms with van der Waals surface area (Å²) in [6.45, 7) is 1.99. The summed E-state index contributed by atoms with van der Waals surface area (Å²) in [5.41, 5.74) is 1.93. The van der Waals surface area contributed by atoms with E-state index >= 15 is 0 Å². The zero-order valence-corrected chi connectivity index (χ0v) is 11.8. The van der Waals surface area contributed by atoms with E-state index in [0.717, 1.165) is 27.9 Å². The van der Waals surface area contributed by atoms with E-state index in [-0.39, 0.29) is 0 Å². The first kappa shape index (κ1) is 13.9. The molecule has 0 atom stereocenters. The second-order valence-corrected chi connectivity index (χ2v) is 5.72. The molecule has 0 bridgehead atoms. The number of anilines is 2. The molecule has 108 valence electrons. The number of thiazole rings is 1. The van der Waals surface area contributed by atoms with Crippen LogP contribution in [0.25, 0.3) is 10.2 Å². The van der Waals surface area contributed by atoms with Gasteiger partial charge < -0.3 is 5.32 Å². The van der Waals surface area contributed by atoms with Crippen LogP contribution in [0, 0.1) is 6.92 Å². The Hall–Kier alpha value is -2.08. The molecule has 0 saturated heterocycles. The van der Waals surface area contributed by atoms with Crippen molar-refractivity contribution in [1.29, 1.82) is 0 Å². The molecule has 0 radical (unpaired) electrons. The topological polar surface area (TPSA) is 24.9 Å². The molecule has 0 aliphatic carbocycles. The van der Waals surface area contributed by atoms with Crippen LogP contribution >= 0.6 is 11.3 Å². The van der Waals surface area contributed by atoms with Crippen molar-refractivity contribution in [1.82, 2.24) is 4.98 Å². The smallest absolute Gasteiger partial charge is 0.332 e. The second kappa shape index (κ2) is 5.04. The van der Waals surface area contributed by atoms with Gasteiger partial charge in [0.05, 0.1) is 15.8 Å². The van der Waals surface area contributed by atoms with Crippen molar-refractivity contribution in [2.45, 2.75) is 13.1 Å². The summed E-state index contributed by atoms with van der Waals surface area (Å²) in [5.74, 6) is 0. The molecule has 1 aromatic heterocycles. The van der Waals surface area contributed by atoms with E-state index < -0.39 is 11.7 Å². The van der Waals surface area contributed by atoms with Crippen molar-refractivity contribution in [3.05, 3.63) is 53.6 Å². The monoisotopic (exact) mass is 308 g/mol. The average molecular weight is 308 g/mol. The maximum atomic E-state index is 12.5. The number of aryl methyl sites for hydroxylation is 1. The normalized spacial score (nSPS) is 11.8. The number of hydrogen-bond acceptors (Lipinski definition) is 3. The van der Waals surface area contributed by atoms with E-state index in [4.69, 9.17) is 0 Å². The lowest BCUT2D eigenvalue weighted by atomic mass is 10.2. The minimum atomic E-state index is -4.31. The van der Waals surface area contributed by atoms with Gasteiger partial charge >= 0.3 is 6.18 Å². The molecule has 0 fully saturated rings. The van der Waals surface area contributed by atoms with Crippen molar-refractivity contribution >= 4 is 32.4 Å². The van der Waals surface area contributed by atoms with Gasteiger partial charge in [-0.05, 0) is 48.9 Å². The first-order valence-electron chi connectivity index (χ1n) is 6.23. The van der Waals surface area contributed by atoms with Gasteiger partial charge in [-0.3, -0.25) is 0 Å². The van der Waals surface area contributed by atoms with Gasteiger partial charge in [0.25, 0.3) is 0 Å². The van der Waals surface area contributed by atoms with Gasteiger partial charge in [0, 0.05) is 5.69 Å². The predicted octanol–water partition coefficient (Wildman–Crippen LogP) is 5.37. The van der Waals surface area contributed by atoms with E-state index in [2.05, 4.69) is 10.3 Å². The molecule has 2 nitrogen and oxygen atoms in total. The Labute approximate surface area is 123 Å². The minimum Gasteiger partial charge on any atom is -0.332 e. The Morgan fingerprint density at radius 2 is 1.76 bits per heavy atom. The van der Waals surface area contributed by atoms with Gasteiger partial charge in [0.2, 0.25) is 0 Å². The lowest BCUT2D eigenvalue weighted by molar-refractivity contribution is -0.137. The molecule has 6 heteroatoms. The molecule has 3 aromatic rings. The molecule has 21 heavy (non-hydrogen) atoms. The van der Waals surface area contributed by atoms with Crippen LogP contribution in [0.4, 0.5) is 24.0 Å². The van der Waals surface area contributed by atoms with Crippen molar-refractivity contribution in [3.8, 4) is 0 Å². The number of rotatable bonds is 2. The van der Waals surface area contributed by atoms with Gasteiger partial charge in [-0.1, -0.05) is 17.4 Å². The fourth-order valence-corrected chi connectivity index (χ4v) is 2.82. The number of fused-ring (bicyclic) bond motifs is 1. The lowest BCUT2D eigenvalue weighted by Crippen LogP contribution is -2.04. The first-order valence-corrected chi connectivity index (χ1v) is 7.05. The Balaban J connectivity index is 1.84. The lowest BCUT2D eigenvalue weighted by Gasteiger charge is -2.07. The van der Waals surface area contributed by atoms with Gasteiger partial charge in [-0.2, -0.15) is 13.2 Å². The summed E-state index contributed by atoms with van der Waals surface area (Å²) in [4.78, 5) is 4.43. The van der Waals surface area contributed by atoms with Crippen molar-refractivity contribution in [2.24, 2.45) is 0 Å². The molecule has 1 N–H and O–H groups in total. The molecule has 0 aliphatic heterocycles. The third-order valence-electron chi connectivity index (χ3n) is 3.01. The highest BCUT2D eigenvalue weighted by Crippen LogP contribution is 2.32. The zero-order valence-electron chi connectivity index (χ0n) is 11.0. The molecule has 0 unspecified atom stereocenters. The summed E-state index contributed by atoms with van der Waals surface area (Å²) < 4.78 is 38.5. The maximum absolute atomic E-state index is 12.5. The standard InChI is InChI=1S/C15H11F3N2S/c1-9-2-7-13-12(8-9)20-14(21-13)19-11-5-3-10(4-6-11)15(16,17)18/h2-8H,1H3,(H,19,20). The van der Waals surface area contributed by atoms with Crippen LogP contribution in [0.15, 0.2) is 42.5 Å². The van der Waals surface area contributed by atoms with Gasteiger partial charge in [0.15, 0.2) is 5.13 Å². The maximum Gasteiger partial charge on any atom is 0.416 e. The first-order chi connectivity index (χ1) is 9.91. The largest absolute Gasteiger partial charge is 0.416 e. The average Bonchev–Trinajstić information content (AvgIpc) is 2.79. The van der Waals surface area contributed by atoms with Crippen molar-refractivity contribution in [2.75, 3.05) is 5.32 Å². The minimum absolute atomic E-state index is 0.582. The number of aromatic nitrogens is 1. The van der Waals surface area contributed by atoms with Gasteiger partial charge in [-0.15, -0.1) is 0 Å². The molecule has 0 spiro atoms. The second-order valence-electron chi connectivity index (χ2n) is 4.69. The molecule has 1 heterocycles. The number of hydrogen-bond donors (Lipinski definition) is 1. The summed E-state index contributed by atoms with van der Waals surface area (Å²) in [6, 6.07) is 10.9. The molecular weight excluding hydrogens is 297 g/mol. The van der Waals surface area contributed by atoms with E-state index in [0.29, 0.717) is 10.8 Å². The Kier molecular flexibility index (Phi) is 3.33. The summed E-state index contributed by atoms with van der Waals surface area (Å²) >= 11 is 1.47. The Morgan fingerprint density at radius 1 is 1.05 bits per heavy atom. The van der Waals surface area contributed by atoms with Crippen molar-refractivity contribution in [3.63, 3.8) is 0 Å². The van der Waals surface area contributed by atoms with Gasteiger partial charge in [-0.25, -0.2) is 4.98 Å². The number of alkyl halides is 3. The predicted molar refractivity (Wildman–Crippen MR) is 79.1 cm³/mol. The summed E-state index contributed by atoms with van der Waals surface area (Å²) in [6.07, 6.45) is -4.31. The van der Waals surface area contributed by atoms with Crippen LogP contribution < -0.4 is 5.32 Å². The molecular formula is C15H11F3N2S. The number of halogens is 3. The van der Waals surface area contributed by atoms with E-state index in [1.807, 2.05) is 25.1 Å². The van der Waals surface area contributed by atoms with E-state index in [1.165, 1.54) is 23.5 Å². The molecule has 2 aromatic carbocycles.